The molecule has 0 aliphatic rings. The molecule has 0 fully saturated rings. The first-order chi connectivity index (χ1) is 11.8. The van der Waals surface area contributed by atoms with Crippen molar-refractivity contribution in [3.05, 3.63) is 65.2 Å². The van der Waals surface area contributed by atoms with Crippen molar-refractivity contribution in [1.82, 2.24) is 4.90 Å². The fourth-order valence-electron chi connectivity index (χ4n) is 3.45. The zero-order chi connectivity index (χ0) is 18.4. The van der Waals surface area contributed by atoms with E-state index in [0.717, 1.165) is 25.1 Å². The van der Waals surface area contributed by atoms with Gasteiger partial charge >= 0.3 is 0 Å². The van der Waals surface area contributed by atoms with Gasteiger partial charge in [-0.3, -0.25) is 0 Å². The summed E-state index contributed by atoms with van der Waals surface area (Å²) in [5.74, 6) is 1.47. The third kappa shape index (κ3) is 5.34. The molecule has 0 heterocycles. The topological polar surface area (TPSA) is 12.5 Å². The summed E-state index contributed by atoms with van der Waals surface area (Å²) in [4.78, 5) is 2.27. The lowest BCUT2D eigenvalue weighted by atomic mass is 9.77. The van der Waals surface area contributed by atoms with Crippen LogP contribution in [0.5, 0.6) is 5.75 Å². The summed E-state index contributed by atoms with van der Waals surface area (Å²) in [6.07, 6.45) is 2.14. The van der Waals surface area contributed by atoms with Crippen molar-refractivity contribution in [3.8, 4) is 5.75 Å². The van der Waals surface area contributed by atoms with Gasteiger partial charge < -0.3 is 9.64 Å². The average Bonchev–Trinajstić information content (AvgIpc) is 2.58. The van der Waals surface area contributed by atoms with Crippen LogP contribution in [0.15, 0.2) is 48.5 Å². The van der Waals surface area contributed by atoms with Gasteiger partial charge in [0.1, 0.15) is 5.75 Å². The maximum atomic E-state index is 5.59. The predicted molar refractivity (Wildman–Crippen MR) is 108 cm³/mol. The molecule has 0 saturated heterocycles. The molecule has 0 aromatic heterocycles. The van der Waals surface area contributed by atoms with Gasteiger partial charge in [-0.1, -0.05) is 63.2 Å². The first kappa shape index (κ1) is 19.5. The number of hydrogen-bond acceptors (Lipinski definition) is 2. The van der Waals surface area contributed by atoms with Crippen molar-refractivity contribution < 1.29 is 4.74 Å². The minimum atomic E-state index is 0.147. The highest BCUT2D eigenvalue weighted by Gasteiger charge is 2.23. The molecule has 0 N–H and O–H groups in total. The molecule has 0 saturated carbocycles. The predicted octanol–water partition coefficient (Wildman–Crippen LogP) is 5.27. The lowest BCUT2D eigenvalue weighted by Crippen LogP contribution is -2.21. The van der Waals surface area contributed by atoms with Crippen LogP contribution in [0.2, 0.25) is 0 Å². The van der Waals surface area contributed by atoms with E-state index in [0.29, 0.717) is 5.92 Å². The van der Waals surface area contributed by atoms with E-state index in [1.807, 2.05) is 6.07 Å². The van der Waals surface area contributed by atoms with E-state index in [4.69, 9.17) is 4.74 Å². The Morgan fingerprint density at radius 3 is 2.24 bits per heavy atom. The molecule has 25 heavy (non-hydrogen) atoms. The standard InChI is InChI=1S/C23H33NO/c1-23(2,3)21-13-9-8-12-20(21)18(15-16-24(4)5)17-19-11-7-10-14-22(19)25-6/h7-14,18H,15-17H2,1-6H3. The highest BCUT2D eigenvalue weighted by Crippen LogP contribution is 2.35. The Kier molecular flexibility index (Phi) is 6.66. The van der Waals surface area contributed by atoms with Gasteiger partial charge in [0.2, 0.25) is 0 Å². The van der Waals surface area contributed by atoms with Crippen LogP contribution in [-0.4, -0.2) is 32.6 Å². The van der Waals surface area contributed by atoms with Crippen molar-refractivity contribution in [2.75, 3.05) is 27.7 Å². The summed E-state index contributed by atoms with van der Waals surface area (Å²) in [6, 6.07) is 17.4. The van der Waals surface area contributed by atoms with Crippen molar-refractivity contribution in [2.24, 2.45) is 0 Å². The van der Waals surface area contributed by atoms with Crippen LogP contribution < -0.4 is 4.74 Å². The lowest BCUT2D eigenvalue weighted by Gasteiger charge is -2.29. The maximum absolute atomic E-state index is 5.59. The Morgan fingerprint density at radius 1 is 0.960 bits per heavy atom. The second-order valence-corrected chi connectivity index (χ2v) is 8.14. The summed E-state index contributed by atoms with van der Waals surface area (Å²) >= 11 is 0. The SMILES string of the molecule is COc1ccccc1CC(CCN(C)C)c1ccccc1C(C)(C)C. The molecule has 0 spiro atoms. The highest BCUT2D eigenvalue weighted by molar-refractivity contribution is 5.39. The molecule has 0 aliphatic carbocycles. The van der Waals surface area contributed by atoms with Gasteiger partial charge in [0.25, 0.3) is 0 Å². The van der Waals surface area contributed by atoms with Gasteiger partial charge in [0.05, 0.1) is 7.11 Å². The largest absolute Gasteiger partial charge is 0.496 e. The van der Waals surface area contributed by atoms with Crippen LogP contribution >= 0.6 is 0 Å². The van der Waals surface area contributed by atoms with E-state index in [1.165, 1.54) is 16.7 Å². The number of benzene rings is 2. The molecular weight excluding hydrogens is 306 g/mol. The van der Waals surface area contributed by atoms with E-state index in [1.54, 1.807) is 7.11 Å². The van der Waals surface area contributed by atoms with Gasteiger partial charge in [-0.25, -0.2) is 0 Å². The van der Waals surface area contributed by atoms with E-state index >= 15 is 0 Å². The molecular formula is C23H33NO. The van der Waals surface area contributed by atoms with Gasteiger partial charge in [-0.2, -0.15) is 0 Å². The molecule has 0 aliphatic heterocycles. The fraction of sp³-hybridized carbons (Fsp3) is 0.478. The van der Waals surface area contributed by atoms with E-state index < -0.39 is 0 Å². The monoisotopic (exact) mass is 339 g/mol. The first-order valence-electron chi connectivity index (χ1n) is 9.19. The molecule has 2 rings (SSSR count). The number of methoxy groups -OCH3 is 1. The molecule has 2 heteroatoms. The zero-order valence-corrected chi connectivity index (χ0v) is 16.7. The van der Waals surface area contributed by atoms with Crippen molar-refractivity contribution in [1.29, 1.82) is 0 Å². The van der Waals surface area contributed by atoms with Crippen molar-refractivity contribution in [3.63, 3.8) is 0 Å². The Labute approximate surface area is 153 Å². The van der Waals surface area contributed by atoms with Crippen LogP contribution in [0.25, 0.3) is 0 Å². The minimum absolute atomic E-state index is 0.147. The Balaban J connectivity index is 2.40. The molecule has 1 unspecified atom stereocenters. The van der Waals surface area contributed by atoms with E-state index in [9.17, 15) is 0 Å². The van der Waals surface area contributed by atoms with Crippen LogP contribution in [0, 0.1) is 0 Å². The summed E-state index contributed by atoms with van der Waals surface area (Å²) in [5, 5.41) is 0. The Bertz CT molecular complexity index is 670. The van der Waals surface area contributed by atoms with Crippen molar-refractivity contribution >= 4 is 0 Å². The summed E-state index contributed by atoms with van der Waals surface area (Å²) in [7, 11) is 6.06. The molecule has 0 bridgehead atoms. The fourth-order valence-corrected chi connectivity index (χ4v) is 3.45. The number of nitrogens with zero attached hydrogens (tertiary/aromatic N) is 1. The number of ether oxygens (including phenoxy) is 1. The van der Waals surface area contributed by atoms with Crippen LogP contribution in [0.4, 0.5) is 0 Å². The Morgan fingerprint density at radius 2 is 1.60 bits per heavy atom. The van der Waals surface area contributed by atoms with Gasteiger partial charge in [0.15, 0.2) is 0 Å². The molecule has 0 amide bonds. The average molecular weight is 340 g/mol. The third-order valence-electron chi connectivity index (χ3n) is 4.79. The second kappa shape index (κ2) is 8.53. The molecule has 2 aromatic carbocycles. The van der Waals surface area contributed by atoms with Crippen LogP contribution in [0.3, 0.4) is 0 Å². The van der Waals surface area contributed by atoms with E-state index in [-0.39, 0.29) is 5.41 Å². The normalized spacial score (nSPS) is 13.1. The first-order valence-corrected chi connectivity index (χ1v) is 9.19. The summed E-state index contributed by atoms with van der Waals surface area (Å²) < 4.78 is 5.59. The highest BCUT2D eigenvalue weighted by atomic mass is 16.5. The number of hydrogen-bond donors (Lipinski definition) is 0. The molecule has 1 atom stereocenters. The minimum Gasteiger partial charge on any atom is -0.496 e. The quantitative estimate of drug-likeness (QED) is 0.681. The molecule has 2 nitrogen and oxygen atoms in total. The number of rotatable bonds is 7. The molecule has 136 valence electrons. The lowest BCUT2D eigenvalue weighted by molar-refractivity contribution is 0.374. The van der Waals surface area contributed by atoms with E-state index in [2.05, 4.69) is 82.2 Å². The van der Waals surface area contributed by atoms with Crippen LogP contribution in [0.1, 0.15) is 49.8 Å². The molecule has 2 aromatic rings. The molecule has 0 radical (unpaired) electrons. The van der Waals surface area contributed by atoms with Gasteiger partial charge in [-0.05, 0) is 67.6 Å². The van der Waals surface area contributed by atoms with Crippen LogP contribution in [-0.2, 0) is 11.8 Å². The smallest absolute Gasteiger partial charge is 0.122 e. The number of para-hydroxylation sites is 1. The van der Waals surface area contributed by atoms with Gasteiger partial charge in [0, 0.05) is 0 Å². The summed E-state index contributed by atoms with van der Waals surface area (Å²) in [5.41, 5.74) is 4.36. The van der Waals surface area contributed by atoms with Gasteiger partial charge in [-0.15, -0.1) is 0 Å². The Hall–Kier alpha value is -1.80. The third-order valence-corrected chi connectivity index (χ3v) is 4.79. The maximum Gasteiger partial charge on any atom is 0.122 e. The second-order valence-electron chi connectivity index (χ2n) is 8.14. The zero-order valence-electron chi connectivity index (χ0n) is 16.7. The van der Waals surface area contributed by atoms with Crippen molar-refractivity contribution in [2.45, 2.75) is 44.9 Å². The summed E-state index contributed by atoms with van der Waals surface area (Å²) in [6.45, 7) is 7.99.